The lowest BCUT2D eigenvalue weighted by molar-refractivity contribution is -0.242. The fraction of sp³-hybridized carbons (Fsp3) is 0.350. The molecule has 0 aliphatic carbocycles. The summed E-state index contributed by atoms with van der Waals surface area (Å²) in [7, 11) is 0. The summed E-state index contributed by atoms with van der Waals surface area (Å²) in [5.74, 6) is -1.14. The normalized spacial score (nSPS) is 16.6. The van der Waals surface area contributed by atoms with Gasteiger partial charge in [-0.2, -0.15) is 13.2 Å². The summed E-state index contributed by atoms with van der Waals surface area (Å²) in [6.07, 6.45) is -3.46. The zero-order valence-electron chi connectivity index (χ0n) is 16.5. The van der Waals surface area contributed by atoms with Gasteiger partial charge in [0.15, 0.2) is 0 Å². The van der Waals surface area contributed by atoms with Crippen LogP contribution in [0.2, 0.25) is 5.02 Å². The van der Waals surface area contributed by atoms with E-state index in [-0.39, 0.29) is 22.2 Å². The molecule has 0 radical (unpaired) electrons. The number of carbonyl (C=O) groups is 2. The fourth-order valence-corrected chi connectivity index (χ4v) is 3.21. The predicted molar refractivity (Wildman–Crippen MR) is 109 cm³/mol. The molecule has 0 bridgehead atoms. The number of nitrogens with zero attached hydrogens (tertiary/aromatic N) is 3. The Morgan fingerprint density at radius 1 is 1.13 bits per heavy atom. The van der Waals surface area contributed by atoms with Crippen molar-refractivity contribution in [1.82, 2.24) is 9.88 Å². The maximum atomic E-state index is 12.8. The van der Waals surface area contributed by atoms with Gasteiger partial charge in [0.2, 0.25) is 5.60 Å². The van der Waals surface area contributed by atoms with Gasteiger partial charge < -0.3 is 20.2 Å². The van der Waals surface area contributed by atoms with Gasteiger partial charge in [-0.25, -0.2) is 4.98 Å². The average Bonchev–Trinajstić information content (AvgIpc) is 2.74. The minimum Gasteiger partial charge on any atom is -0.373 e. The first-order valence-electron chi connectivity index (χ1n) is 9.36. The number of anilines is 2. The average molecular weight is 457 g/mol. The summed E-state index contributed by atoms with van der Waals surface area (Å²) in [5.41, 5.74) is -3.50. The molecule has 0 saturated carbocycles. The molecule has 166 valence electrons. The van der Waals surface area contributed by atoms with Gasteiger partial charge in [-0.1, -0.05) is 17.7 Å². The minimum absolute atomic E-state index is 0.121. The molecular formula is C20H20ClF3N4O3. The first kappa shape index (κ1) is 22.8. The second-order valence-corrected chi connectivity index (χ2v) is 7.59. The van der Waals surface area contributed by atoms with Crippen LogP contribution in [-0.4, -0.2) is 64.8 Å². The number of alkyl halides is 3. The number of rotatable bonds is 4. The Morgan fingerprint density at radius 2 is 1.81 bits per heavy atom. The number of aromatic nitrogens is 1. The van der Waals surface area contributed by atoms with E-state index < -0.39 is 17.7 Å². The van der Waals surface area contributed by atoms with Crippen molar-refractivity contribution in [2.24, 2.45) is 0 Å². The molecule has 2 N–H and O–H groups in total. The van der Waals surface area contributed by atoms with Crippen molar-refractivity contribution in [3.05, 3.63) is 53.2 Å². The Bertz CT molecular complexity index is 962. The molecule has 1 aromatic carbocycles. The summed E-state index contributed by atoms with van der Waals surface area (Å²) < 4.78 is 38.4. The molecule has 2 amide bonds. The molecule has 31 heavy (non-hydrogen) atoms. The minimum atomic E-state index is -5.16. The monoisotopic (exact) mass is 456 g/mol. The lowest BCUT2D eigenvalue weighted by Crippen LogP contribution is -2.52. The Hall–Kier alpha value is -2.85. The molecule has 2 aromatic rings. The van der Waals surface area contributed by atoms with Crippen molar-refractivity contribution in [2.45, 2.75) is 18.7 Å². The predicted octanol–water partition coefficient (Wildman–Crippen LogP) is 2.95. The number of pyridine rings is 1. The molecule has 1 atom stereocenters. The highest BCUT2D eigenvalue weighted by Crippen LogP contribution is 2.32. The molecule has 7 nitrogen and oxygen atoms in total. The van der Waals surface area contributed by atoms with Crippen LogP contribution >= 0.6 is 11.6 Å². The molecular weight excluding hydrogens is 437 g/mol. The van der Waals surface area contributed by atoms with Crippen LogP contribution in [0, 0.1) is 0 Å². The van der Waals surface area contributed by atoms with Crippen molar-refractivity contribution in [2.75, 3.05) is 36.4 Å². The highest BCUT2D eigenvalue weighted by Gasteiger charge is 2.55. The highest BCUT2D eigenvalue weighted by atomic mass is 35.5. The SMILES string of the molecule is C[C@@](O)(C(=O)Nc1ccc(C(=O)N2CCN(c3ccccn3)CC2)cc1Cl)C(F)(F)F. The number of amides is 2. The van der Waals surface area contributed by atoms with Crippen LogP contribution in [0.25, 0.3) is 0 Å². The number of nitrogens with one attached hydrogen (secondary N) is 1. The van der Waals surface area contributed by atoms with Gasteiger partial charge in [0, 0.05) is 37.9 Å². The van der Waals surface area contributed by atoms with E-state index in [0.717, 1.165) is 5.82 Å². The lowest BCUT2D eigenvalue weighted by Gasteiger charge is -2.35. The zero-order chi connectivity index (χ0) is 22.8. The smallest absolute Gasteiger partial charge is 0.373 e. The van der Waals surface area contributed by atoms with Gasteiger partial charge >= 0.3 is 6.18 Å². The zero-order valence-corrected chi connectivity index (χ0v) is 17.2. The van der Waals surface area contributed by atoms with E-state index in [1.807, 2.05) is 23.5 Å². The third kappa shape index (κ3) is 4.91. The van der Waals surface area contributed by atoms with Crippen molar-refractivity contribution < 1.29 is 27.9 Å². The lowest BCUT2D eigenvalue weighted by atomic mass is 10.1. The molecule has 0 unspecified atom stereocenters. The highest BCUT2D eigenvalue weighted by molar-refractivity contribution is 6.34. The maximum Gasteiger partial charge on any atom is 0.426 e. The number of piperazine rings is 1. The standard InChI is InChI=1S/C20H20ClF3N4O3/c1-19(31,20(22,23)24)18(30)26-15-6-5-13(12-14(15)21)17(29)28-10-8-27(9-11-28)16-4-2-3-7-25-16/h2-7,12,31H,8-11H2,1H3,(H,26,30)/t19-/m1/s1. The molecule has 3 rings (SSSR count). The topological polar surface area (TPSA) is 85.8 Å². The number of hydrogen-bond acceptors (Lipinski definition) is 5. The second kappa shape index (κ2) is 8.72. The molecule has 11 heteroatoms. The molecule has 1 aliphatic heterocycles. The van der Waals surface area contributed by atoms with E-state index in [2.05, 4.69) is 9.88 Å². The Morgan fingerprint density at radius 3 is 2.35 bits per heavy atom. The van der Waals surface area contributed by atoms with Crippen LogP contribution in [0.3, 0.4) is 0 Å². The van der Waals surface area contributed by atoms with E-state index >= 15 is 0 Å². The van der Waals surface area contributed by atoms with Gasteiger partial charge in [-0.15, -0.1) is 0 Å². The summed E-state index contributed by atoms with van der Waals surface area (Å²) in [5, 5.41) is 11.3. The summed E-state index contributed by atoms with van der Waals surface area (Å²) in [4.78, 5) is 32.6. The van der Waals surface area contributed by atoms with E-state index in [4.69, 9.17) is 11.6 Å². The van der Waals surface area contributed by atoms with Gasteiger partial charge in [-0.05, 0) is 37.3 Å². The van der Waals surface area contributed by atoms with Crippen LogP contribution in [0.4, 0.5) is 24.7 Å². The van der Waals surface area contributed by atoms with Crippen LogP contribution < -0.4 is 10.2 Å². The Kier molecular flexibility index (Phi) is 6.42. The van der Waals surface area contributed by atoms with E-state index in [0.29, 0.717) is 33.1 Å². The first-order chi connectivity index (χ1) is 14.5. The van der Waals surface area contributed by atoms with Crippen LogP contribution in [0.5, 0.6) is 0 Å². The molecule has 1 aromatic heterocycles. The van der Waals surface area contributed by atoms with Crippen molar-refractivity contribution in [3.63, 3.8) is 0 Å². The molecule has 1 saturated heterocycles. The van der Waals surface area contributed by atoms with Crippen molar-refractivity contribution in [1.29, 1.82) is 0 Å². The van der Waals surface area contributed by atoms with Gasteiger partial charge in [-0.3, -0.25) is 9.59 Å². The first-order valence-corrected chi connectivity index (χ1v) is 9.74. The Labute approximate surface area is 181 Å². The Balaban J connectivity index is 1.65. The number of aliphatic hydroxyl groups is 1. The molecule has 1 fully saturated rings. The van der Waals surface area contributed by atoms with Crippen LogP contribution in [0.15, 0.2) is 42.6 Å². The number of halogens is 4. The maximum absolute atomic E-state index is 12.8. The summed E-state index contributed by atoms with van der Waals surface area (Å²) in [6.45, 7) is 2.45. The third-order valence-electron chi connectivity index (χ3n) is 5.00. The number of carbonyl (C=O) groups excluding carboxylic acids is 2. The molecule has 0 spiro atoms. The molecule has 2 heterocycles. The quantitative estimate of drug-likeness (QED) is 0.739. The third-order valence-corrected chi connectivity index (χ3v) is 5.31. The van der Waals surface area contributed by atoms with Crippen LogP contribution in [-0.2, 0) is 4.79 Å². The van der Waals surface area contributed by atoms with E-state index in [1.165, 1.54) is 18.2 Å². The van der Waals surface area contributed by atoms with E-state index in [1.54, 1.807) is 11.1 Å². The second-order valence-electron chi connectivity index (χ2n) is 7.19. The van der Waals surface area contributed by atoms with Crippen molar-refractivity contribution in [3.8, 4) is 0 Å². The number of hydrogen-bond donors (Lipinski definition) is 2. The number of benzene rings is 1. The summed E-state index contributed by atoms with van der Waals surface area (Å²) >= 11 is 6.06. The van der Waals surface area contributed by atoms with Crippen LogP contribution in [0.1, 0.15) is 17.3 Å². The van der Waals surface area contributed by atoms with Gasteiger partial charge in [0.25, 0.3) is 11.8 Å². The molecule has 1 aliphatic rings. The fourth-order valence-electron chi connectivity index (χ4n) is 2.98. The van der Waals surface area contributed by atoms with Gasteiger partial charge in [0.05, 0.1) is 10.7 Å². The van der Waals surface area contributed by atoms with Gasteiger partial charge in [0.1, 0.15) is 5.82 Å². The summed E-state index contributed by atoms with van der Waals surface area (Å²) in [6, 6.07) is 9.45. The van der Waals surface area contributed by atoms with Crippen molar-refractivity contribution >= 4 is 34.9 Å². The largest absolute Gasteiger partial charge is 0.426 e. The van der Waals surface area contributed by atoms with E-state index in [9.17, 15) is 27.9 Å².